The fraction of sp³-hybridized carbons (Fsp3) is 0.130. The van der Waals surface area contributed by atoms with E-state index < -0.39 is 0 Å². The van der Waals surface area contributed by atoms with Gasteiger partial charge in [-0.1, -0.05) is 30.3 Å². The summed E-state index contributed by atoms with van der Waals surface area (Å²) in [6.07, 6.45) is 3.85. The summed E-state index contributed by atoms with van der Waals surface area (Å²) < 4.78 is 5.77. The Morgan fingerprint density at radius 1 is 1.00 bits per heavy atom. The minimum atomic E-state index is -0.0958. The lowest BCUT2D eigenvalue weighted by Gasteiger charge is -2.09. The second-order valence-corrected chi connectivity index (χ2v) is 6.95. The Kier molecular flexibility index (Phi) is 3.86. The lowest BCUT2D eigenvalue weighted by molar-refractivity contribution is 0.0957. The smallest absolute Gasteiger partial charge is 0.255 e. The molecule has 1 amide bonds. The number of fused-ring (bicyclic) bond motifs is 2. The largest absolute Gasteiger partial charge is 0.491 e. The zero-order valence-corrected chi connectivity index (χ0v) is 15.5. The Bertz CT molecular complexity index is 1210. The van der Waals surface area contributed by atoms with Crippen molar-refractivity contribution in [2.75, 3.05) is 13.2 Å². The third kappa shape index (κ3) is 2.72. The Morgan fingerprint density at radius 2 is 1.89 bits per heavy atom. The molecule has 138 valence electrons. The molecule has 3 heterocycles. The van der Waals surface area contributed by atoms with Crippen molar-refractivity contribution < 1.29 is 9.53 Å². The summed E-state index contributed by atoms with van der Waals surface area (Å²) in [7, 11) is 0. The first kappa shape index (κ1) is 16.6. The zero-order chi connectivity index (χ0) is 19.1. The Balaban J connectivity index is 1.64. The maximum absolute atomic E-state index is 12.1. The molecule has 1 aliphatic rings. The molecular formula is C23H19N3O2. The van der Waals surface area contributed by atoms with Gasteiger partial charge in [-0.3, -0.25) is 4.79 Å². The van der Waals surface area contributed by atoms with Crippen molar-refractivity contribution in [3.63, 3.8) is 0 Å². The number of hydrogen-bond donors (Lipinski definition) is 2. The highest BCUT2D eigenvalue weighted by Crippen LogP contribution is 2.34. The number of rotatable bonds is 2. The monoisotopic (exact) mass is 369 g/mol. The molecule has 5 nitrogen and oxygen atoms in total. The van der Waals surface area contributed by atoms with Gasteiger partial charge >= 0.3 is 0 Å². The minimum Gasteiger partial charge on any atom is -0.491 e. The first-order valence-corrected chi connectivity index (χ1v) is 9.29. The average molecular weight is 369 g/mol. The van der Waals surface area contributed by atoms with Gasteiger partial charge in [-0.2, -0.15) is 0 Å². The number of H-pyrrole nitrogens is 1. The van der Waals surface area contributed by atoms with E-state index in [4.69, 9.17) is 4.74 Å². The molecular weight excluding hydrogens is 350 g/mol. The van der Waals surface area contributed by atoms with Crippen molar-refractivity contribution in [1.29, 1.82) is 0 Å². The number of benzene rings is 2. The predicted octanol–water partition coefficient (Wildman–Crippen LogP) is 4.33. The van der Waals surface area contributed by atoms with Gasteiger partial charge in [0.2, 0.25) is 0 Å². The molecule has 4 aromatic rings. The third-order valence-corrected chi connectivity index (χ3v) is 5.17. The van der Waals surface area contributed by atoms with Crippen molar-refractivity contribution >= 4 is 16.9 Å². The molecule has 0 aliphatic carbocycles. The normalized spacial score (nSPS) is 13.5. The second kappa shape index (κ2) is 6.53. The summed E-state index contributed by atoms with van der Waals surface area (Å²) in [6.45, 7) is 3.08. The van der Waals surface area contributed by atoms with Gasteiger partial charge in [-0.25, -0.2) is 4.98 Å². The van der Waals surface area contributed by atoms with Crippen molar-refractivity contribution in [3.8, 4) is 28.0 Å². The van der Waals surface area contributed by atoms with Crippen LogP contribution in [0.3, 0.4) is 0 Å². The maximum Gasteiger partial charge on any atom is 0.255 e. The summed E-state index contributed by atoms with van der Waals surface area (Å²) in [5.41, 5.74) is 6.89. The van der Waals surface area contributed by atoms with Crippen LogP contribution >= 0.6 is 0 Å². The summed E-state index contributed by atoms with van der Waals surface area (Å²) in [4.78, 5) is 20.0. The van der Waals surface area contributed by atoms with Crippen LogP contribution in [0.5, 0.6) is 5.75 Å². The number of carbonyl (C=O) groups is 1. The standard InChI is InChI=1S/C23H19N3O2/c1-14-4-2-3-5-17(14)16-10-19-20(13-26-22(19)25-12-16)15-6-7-18-21(11-15)28-9-8-24-23(18)27/h2-7,10-13H,8-9H2,1H3,(H,24,27)(H,25,26). The highest BCUT2D eigenvalue weighted by Gasteiger charge is 2.18. The van der Waals surface area contributed by atoms with Gasteiger partial charge in [0.1, 0.15) is 18.0 Å². The molecule has 0 saturated heterocycles. The van der Waals surface area contributed by atoms with Crippen LogP contribution < -0.4 is 10.1 Å². The van der Waals surface area contributed by atoms with Crippen molar-refractivity contribution in [2.45, 2.75) is 6.92 Å². The van der Waals surface area contributed by atoms with Crippen LogP contribution in [0.1, 0.15) is 15.9 Å². The van der Waals surface area contributed by atoms with Crippen LogP contribution in [0, 0.1) is 6.92 Å². The lowest BCUT2D eigenvalue weighted by atomic mass is 9.99. The van der Waals surface area contributed by atoms with E-state index in [1.54, 1.807) is 0 Å². The van der Waals surface area contributed by atoms with Crippen LogP contribution in [0.4, 0.5) is 0 Å². The molecule has 2 aromatic heterocycles. The van der Waals surface area contributed by atoms with E-state index in [2.05, 4.69) is 40.4 Å². The van der Waals surface area contributed by atoms with E-state index >= 15 is 0 Å². The molecule has 5 rings (SSSR count). The van der Waals surface area contributed by atoms with Crippen LogP contribution in [-0.2, 0) is 0 Å². The van der Waals surface area contributed by atoms with Gasteiger partial charge < -0.3 is 15.0 Å². The van der Waals surface area contributed by atoms with E-state index in [0.717, 1.165) is 27.7 Å². The fourth-order valence-electron chi connectivity index (χ4n) is 3.70. The van der Waals surface area contributed by atoms with Gasteiger partial charge in [-0.05, 0) is 41.8 Å². The van der Waals surface area contributed by atoms with Gasteiger partial charge in [0.05, 0.1) is 12.1 Å². The summed E-state index contributed by atoms with van der Waals surface area (Å²) in [6, 6.07) is 16.2. The number of amides is 1. The first-order valence-electron chi connectivity index (χ1n) is 9.29. The summed E-state index contributed by atoms with van der Waals surface area (Å²) >= 11 is 0. The highest BCUT2D eigenvalue weighted by atomic mass is 16.5. The molecule has 0 unspecified atom stereocenters. The van der Waals surface area contributed by atoms with Gasteiger partial charge in [0.15, 0.2) is 0 Å². The number of aryl methyl sites for hydroxylation is 1. The average Bonchev–Trinajstić information content (AvgIpc) is 3.05. The molecule has 2 aromatic carbocycles. The van der Waals surface area contributed by atoms with Crippen LogP contribution in [-0.4, -0.2) is 29.0 Å². The Hall–Kier alpha value is -3.60. The van der Waals surface area contributed by atoms with Gasteiger partial charge in [0, 0.05) is 28.9 Å². The van der Waals surface area contributed by atoms with Gasteiger partial charge in [0.25, 0.3) is 5.91 Å². The Labute approximate surface area is 162 Å². The number of nitrogens with one attached hydrogen (secondary N) is 2. The van der Waals surface area contributed by atoms with E-state index in [9.17, 15) is 4.79 Å². The molecule has 0 atom stereocenters. The third-order valence-electron chi connectivity index (χ3n) is 5.17. The number of nitrogens with zero attached hydrogens (tertiary/aromatic N) is 1. The zero-order valence-electron chi connectivity index (χ0n) is 15.5. The molecule has 0 radical (unpaired) electrons. The number of pyridine rings is 1. The van der Waals surface area contributed by atoms with Crippen molar-refractivity contribution in [1.82, 2.24) is 15.3 Å². The van der Waals surface area contributed by atoms with Crippen LogP contribution in [0.2, 0.25) is 0 Å². The molecule has 2 N–H and O–H groups in total. The lowest BCUT2D eigenvalue weighted by Crippen LogP contribution is -2.24. The number of aromatic amines is 1. The molecule has 0 saturated carbocycles. The number of aromatic nitrogens is 2. The van der Waals surface area contributed by atoms with E-state index in [-0.39, 0.29) is 5.91 Å². The molecule has 0 bridgehead atoms. The predicted molar refractivity (Wildman–Crippen MR) is 110 cm³/mol. The molecule has 0 fully saturated rings. The topological polar surface area (TPSA) is 67.0 Å². The quantitative estimate of drug-likeness (QED) is 0.553. The van der Waals surface area contributed by atoms with Crippen LogP contribution in [0.15, 0.2) is 60.9 Å². The van der Waals surface area contributed by atoms with Crippen LogP contribution in [0.25, 0.3) is 33.3 Å². The second-order valence-electron chi connectivity index (χ2n) is 6.95. The first-order chi connectivity index (χ1) is 13.7. The fourth-order valence-corrected chi connectivity index (χ4v) is 3.70. The van der Waals surface area contributed by atoms with E-state index in [1.165, 1.54) is 11.1 Å². The molecule has 5 heteroatoms. The van der Waals surface area contributed by atoms with Gasteiger partial charge in [-0.15, -0.1) is 0 Å². The number of carbonyl (C=O) groups excluding carboxylic acids is 1. The molecule has 1 aliphatic heterocycles. The Morgan fingerprint density at radius 3 is 2.79 bits per heavy atom. The number of ether oxygens (including phenoxy) is 1. The SMILES string of the molecule is Cc1ccccc1-c1cnc2[nH]cc(-c3ccc4c(c3)OCCNC4=O)c2c1. The van der Waals surface area contributed by atoms with Crippen molar-refractivity contribution in [3.05, 3.63) is 72.1 Å². The molecule has 28 heavy (non-hydrogen) atoms. The minimum absolute atomic E-state index is 0.0958. The maximum atomic E-state index is 12.1. The highest BCUT2D eigenvalue weighted by molar-refractivity contribution is 6.00. The van der Waals surface area contributed by atoms with E-state index in [1.807, 2.05) is 42.7 Å². The molecule has 0 spiro atoms. The van der Waals surface area contributed by atoms with E-state index in [0.29, 0.717) is 24.5 Å². The summed E-state index contributed by atoms with van der Waals surface area (Å²) in [5.74, 6) is 0.520. The number of hydrogen-bond acceptors (Lipinski definition) is 3. The summed E-state index contributed by atoms with van der Waals surface area (Å²) in [5, 5.41) is 3.88. The van der Waals surface area contributed by atoms with Crippen molar-refractivity contribution in [2.24, 2.45) is 0 Å².